The van der Waals surface area contributed by atoms with Crippen LogP contribution in [0.3, 0.4) is 0 Å². The predicted octanol–water partition coefficient (Wildman–Crippen LogP) is 6.90. The lowest BCUT2D eigenvalue weighted by atomic mass is 10.0. The molecular weight excluding hydrogens is 378 g/mol. The summed E-state index contributed by atoms with van der Waals surface area (Å²) in [6, 6.07) is 15.1. The van der Waals surface area contributed by atoms with Crippen molar-refractivity contribution in [3.05, 3.63) is 64.9 Å². The molecule has 3 aromatic rings. The first kappa shape index (κ1) is 18.5. The van der Waals surface area contributed by atoms with Crippen molar-refractivity contribution < 1.29 is 9.21 Å². The molecule has 0 atom stereocenters. The molecule has 1 aliphatic carbocycles. The quantitative estimate of drug-likeness (QED) is 0.507. The van der Waals surface area contributed by atoms with E-state index in [0.29, 0.717) is 21.7 Å². The molecule has 1 amide bonds. The Balaban J connectivity index is 1.61. The van der Waals surface area contributed by atoms with E-state index < -0.39 is 0 Å². The van der Waals surface area contributed by atoms with Crippen molar-refractivity contribution in [1.82, 2.24) is 0 Å². The van der Waals surface area contributed by atoms with Crippen LogP contribution in [-0.4, -0.2) is 11.2 Å². The van der Waals surface area contributed by atoms with Crippen LogP contribution in [0.4, 0.5) is 5.69 Å². The van der Waals surface area contributed by atoms with Gasteiger partial charge in [-0.2, -0.15) is 11.8 Å². The number of furan rings is 1. The molecule has 0 saturated heterocycles. The van der Waals surface area contributed by atoms with Crippen LogP contribution in [0.1, 0.15) is 48.2 Å². The standard InChI is InChI=1S/C22H22ClNO2S/c23-18-11-5-6-12-19(18)24-22(25)21-17(14-27-15-8-2-1-3-9-15)16-10-4-7-13-20(16)26-21/h4-7,10-13,15H,1-3,8-9,14H2,(H,24,25). The number of anilines is 1. The molecule has 0 unspecified atom stereocenters. The average molecular weight is 400 g/mol. The van der Waals surface area contributed by atoms with Gasteiger partial charge >= 0.3 is 0 Å². The Morgan fingerprint density at radius 2 is 1.81 bits per heavy atom. The fraction of sp³-hybridized carbons (Fsp3) is 0.318. The number of carbonyl (C=O) groups excluding carboxylic acids is 1. The van der Waals surface area contributed by atoms with Crippen molar-refractivity contribution in [3.63, 3.8) is 0 Å². The number of amides is 1. The largest absolute Gasteiger partial charge is 0.451 e. The molecule has 4 rings (SSSR count). The first-order chi connectivity index (χ1) is 13.2. The topological polar surface area (TPSA) is 42.2 Å². The van der Waals surface area contributed by atoms with Crippen LogP contribution in [0.2, 0.25) is 5.02 Å². The summed E-state index contributed by atoms with van der Waals surface area (Å²) in [7, 11) is 0. The van der Waals surface area contributed by atoms with Crippen LogP contribution in [0.5, 0.6) is 0 Å². The third-order valence-electron chi connectivity index (χ3n) is 5.04. The number of hydrogen-bond acceptors (Lipinski definition) is 3. The van der Waals surface area contributed by atoms with E-state index in [0.717, 1.165) is 22.3 Å². The number of fused-ring (bicyclic) bond motifs is 1. The average Bonchev–Trinajstić information content (AvgIpc) is 3.08. The van der Waals surface area contributed by atoms with E-state index in [1.54, 1.807) is 12.1 Å². The van der Waals surface area contributed by atoms with Crippen LogP contribution in [0, 0.1) is 0 Å². The summed E-state index contributed by atoms with van der Waals surface area (Å²) in [4.78, 5) is 12.9. The summed E-state index contributed by atoms with van der Waals surface area (Å²) in [6.45, 7) is 0. The van der Waals surface area contributed by atoms with Crippen LogP contribution in [0.15, 0.2) is 52.9 Å². The van der Waals surface area contributed by atoms with Gasteiger partial charge in [-0.3, -0.25) is 4.79 Å². The molecule has 1 saturated carbocycles. The summed E-state index contributed by atoms with van der Waals surface area (Å²) in [5, 5.41) is 5.10. The lowest BCUT2D eigenvalue weighted by molar-refractivity contribution is 0.0998. The second-order valence-corrected chi connectivity index (χ2v) is 8.61. The zero-order valence-corrected chi connectivity index (χ0v) is 16.6. The van der Waals surface area contributed by atoms with Crippen molar-refractivity contribution in [2.45, 2.75) is 43.1 Å². The van der Waals surface area contributed by atoms with Gasteiger partial charge in [0.25, 0.3) is 5.91 Å². The molecule has 1 aliphatic rings. The van der Waals surface area contributed by atoms with Gasteiger partial charge in [0, 0.05) is 22.0 Å². The Kier molecular flexibility index (Phi) is 5.74. The SMILES string of the molecule is O=C(Nc1ccccc1Cl)c1oc2ccccc2c1CSC1CCCCC1. The third-order valence-corrected chi connectivity index (χ3v) is 6.77. The van der Waals surface area contributed by atoms with Gasteiger partial charge in [0.1, 0.15) is 5.58 Å². The number of nitrogens with one attached hydrogen (secondary N) is 1. The van der Waals surface area contributed by atoms with Gasteiger partial charge < -0.3 is 9.73 Å². The molecule has 0 radical (unpaired) electrons. The molecule has 2 aromatic carbocycles. The summed E-state index contributed by atoms with van der Waals surface area (Å²) in [6.07, 6.45) is 6.49. The molecule has 1 fully saturated rings. The van der Waals surface area contributed by atoms with Gasteiger partial charge in [-0.1, -0.05) is 61.2 Å². The van der Waals surface area contributed by atoms with E-state index in [1.807, 2.05) is 48.2 Å². The summed E-state index contributed by atoms with van der Waals surface area (Å²) >= 11 is 8.13. The maximum absolute atomic E-state index is 12.9. The van der Waals surface area contributed by atoms with E-state index in [2.05, 4.69) is 5.32 Å². The molecule has 27 heavy (non-hydrogen) atoms. The van der Waals surface area contributed by atoms with Gasteiger partial charge in [0.2, 0.25) is 0 Å². The first-order valence-electron chi connectivity index (χ1n) is 9.40. The van der Waals surface area contributed by atoms with E-state index in [1.165, 1.54) is 32.1 Å². The van der Waals surface area contributed by atoms with Gasteiger partial charge in [-0.05, 0) is 31.0 Å². The second-order valence-electron chi connectivity index (χ2n) is 6.91. The highest BCUT2D eigenvalue weighted by Gasteiger charge is 2.23. The summed E-state index contributed by atoms with van der Waals surface area (Å²) < 4.78 is 5.94. The maximum atomic E-state index is 12.9. The number of para-hydroxylation sites is 2. The fourth-order valence-corrected chi connectivity index (χ4v) is 5.14. The fourth-order valence-electron chi connectivity index (χ4n) is 3.60. The van der Waals surface area contributed by atoms with Gasteiger partial charge in [-0.15, -0.1) is 0 Å². The lowest BCUT2D eigenvalue weighted by Crippen LogP contribution is -2.14. The smallest absolute Gasteiger partial charge is 0.291 e. The second kappa shape index (κ2) is 8.41. The highest BCUT2D eigenvalue weighted by atomic mass is 35.5. The van der Waals surface area contributed by atoms with Crippen molar-refractivity contribution >= 4 is 45.9 Å². The number of halogens is 1. The molecule has 140 valence electrons. The number of carbonyl (C=O) groups is 1. The van der Waals surface area contributed by atoms with Gasteiger partial charge in [0.05, 0.1) is 10.7 Å². The highest BCUT2D eigenvalue weighted by Crippen LogP contribution is 2.35. The van der Waals surface area contributed by atoms with Crippen LogP contribution in [-0.2, 0) is 5.75 Å². The Hall–Kier alpha value is -1.91. The van der Waals surface area contributed by atoms with Crippen molar-refractivity contribution in [1.29, 1.82) is 0 Å². The number of rotatable bonds is 5. The Morgan fingerprint density at radius 3 is 2.63 bits per heavy atom. The molecule has 0 bridgehead atoms. The molecule has 1 heterocycles. The number of benzene rings is 2. The minimum absolute atomic E-state index is 0.251. The van der Waals surface area contributed by atoms with E-state index in [9.17, 15) is 4.79 Å². The van der Waals surface area contributed by atoms with Crippen molar-refractivity contribution in [2.75, 3.05) is 5.32 Å². The zero-order valence-electron chi connectivity index (χ0n) is 15.0. The predicted molar refractivity (Wildman–Crippen MR) is 114 cm³/mol. The highest BCUT2D eigenvalue weighted by molar-refractivity contribution is 7.99. The normalized spacial score (nSPS) is 15.1. The summed E-state index contributed by atoms with van der Waals surface area (Å²) in [5.74, 6) is 0.922. The molecule has 5 heteroatoms. The van der Waals surface area contributed by atoms with E-state index >= 15 is 0 Å². The van der Waals surface area contributed by atoms with Gasteiger partial charge in [0.15, 0.2) is 5.76 Å². The molecule has 0 spiro atoms. The lowest BCUT2D eigenvalue weighted by Gasteiger charge is -2.20. The third kappa shape index (κ3) is 4.17. The van der Waals surface area contributed by atoms with Crippen LogP contribution >= 0.6 is 23.4 Å². The minimum atomic E-state index is -0.251. The zero-order chi connectivity index (χ0) is 18.6. The number of hydrogen-bond donors (Lipinski definition) is 1. The molecule has 1 aromatic heterocycles. The molecule has 0 aliphatic heterocycles. The maximum Gasteiger partial charge on any atom is 0.291 e. The monoisotopic (exact) mass is 399 g/mol. The van der Waals surface area contributed by atoms with E-state index in [4.69, 9.17) is 16.0 Å². The van der Waals surface area contributed by atoms with Crippen molar-refractivity contribution in [3.8, 4) is 0 Å². The Bertz CT molecular complexity index is 946. The number of thioether (sulfide) groups is 1. The molecular formula is C22H22ClNO2S. The summed E-state index contributed by atoms with van der Waals surface area (Å²) in [5.41, 5.74) is 2.32. The van der Waals surface area contributed by atoms with E-state index in [-0.39, 0.29) is 5.91 Å². The van der Waals surface area contributed by atoms with Gasteiger partial charge in [-0.25, -0.2) is 0 Å². The molecule has 3 nitrogen and oxygen atoms in total. The van der Waals surface area contributed by atoms with Crippen LogP contribution < -0.4 is 5.32 Å². The Morgan fingerprint density at radius 1 is 1.07 bits per heavy atom. The Labute approximate surface area is 168 Å². The van der Waals surface area contributed by atoms with Crippen LogP contribution in [0.25, 0.3) is 11.0 Å². The van der Waals surface area contributed by atoms with Crippen molar-refractivity contribution in [2.24, 2.45) is 0 Å². The first-order valence-corrected chi connectivity index (χ1v) is 10.8. The minimum Gasteiger partial charge on any atom is -0.451 e. The molecule has 1 N–H and O–H groups in total.